The van der Waals surface area contributed by atoms with Gasteiger partial charge >= 0.3 is 11.9 Å². The van der Waals surface area contributed by atoms with Gasteiger partial charge < -0.3 is 19.7 Å². The van der Waals surface area contributed by atoms with Crippen molar-refractivity contribution in [1.82, 2.24) is 0 Å². The van der Waals surface area contributed by atoms with Crippen LogP contribution in [-0.2, 0) is 23.9 Å². The van der Waals surface area contributed by atoms with Crippen molar-refractivity contribution in [2.24, 2.45) is 34.5 Å². The van der Waals surface area contributed by atoms with Gasteiger partial charge in [-0.3, -0.25) is 9.59 Å². The molecule has 4 aliphatic rings. The largest absolute Gasteiger partial charge is 0.447 e. The maximum Gasteiger partial charge on any atom is 0.340 e. The summed E-state index contributed by atoms with van der Waals surface area (Å²) in [5, 5.41) is 23.1. The summed E-state index contributed by atoms with van der Waals surface area (Å²) in [6.07, 6.45) is 6.31. The minimum Gasteiger partial charge on any atom is -0.447 e. The minimum atomic E-state index is -1.82. The van der Waals surface area contributed by atoms with Gasteiger partial charge in [0.25, 0.3) is 0 Å². The summed E-state index contributed by atoms with van der Waals surface area (Å²) in [5.74, 6) is -2.48. The number of ether oxygens (including phenoxy) is 2. The van der Waals surface area contributed by atoms with Crippen LogP contribution in [0.5, 0.6) is 0 Å². The standard InChI is InChI=1S/C24H29ClO7/c1-12-7-16-15-9-19(32-13(2)26)17-8-14(27)5-6-22(17,3)20(15)18(28)10-23(16,4)24(12,30)21(29)31-11-25/h5-6,8-9,12,15-16,18,20,28,30H,7,10-11H2,1-4H3/t12-,15-,16-,18-,20+,22-,23-,24-/m0/s1. The van der Waals surface area contributed by atoms with Gasteiger partial charge in [-0.1, -0.05) is 38.4 Å². The number of hydrogen-bond acceptors (Lipinski definition) is 7. The first-order valence-electron chi connectivity index (χ1n) is 10.9. The van der Waals surface area contributed by atoms with Gasteiger partial charge in [-0.15, -0.1) is 0 Å². The van der Waals surface area contributed by atoms with E-state index in [0.29, 0.717) is 17.8 Å². The molecule has 0 aromatic heterocycles. The molecule has 0 aromatic carbocycles. The highest BCUT2D eigenvalue weighted by Gasteiger charge is 2.71. The Morgan fingerprint density at radius 2 is 2.00 bits per heavy atom. The van der Waals surface area contributed by atoms with Crippen LogP contribution in [0.15, 0.2) is 35.6 Å². The van der Waals surface area contributed by atoms with Gasteiger partial charge in [0.1, 0.15) is 5.76 Å². The van der Waals surface area contributed by atoms with E-state index < -0.39 is 40.4 Å². The van der Waals surface area contributed by atoms with E-state index in [2.05, 4.69) is 0 Å². The molecule has 0 aromatic rings. The maximum atomic E-state index is 12.9. The highest BCUT2D eigenvalue weighted by molar-refractivity contribution is 6.17. The average Bonchev–Trinajstić information content (AvgIpc) is 2.90. The summed E-state index contributed by atoms with van der Waals surface area (Å²) < 4.78 is 10.5. The zero-order chi connectivity index (χ0) is 23.6. The number of esters is 2. The van der Waals surface area contributed by atoms with Crippen molar-refractivity contribution < 1.29 is 34.1 Å². The van der Waals surface area contributed by atoms with Gasteiger partial charge in [-0.25, -0.2) is 4.79 Å². The van der Waals surface area contributed by atoms with Crippen LogP contribution in [0, 0.1) is 34.5 Å². The number of aliphatic hydroxyl groups is 2. The predicted octanol–water partition coefficient (Wildman–Crippen LogP) is 2.65. The highest BCUT2D eigenvalue weighted by Crippen LogP contribution is 2.67. The molecule has 174 valence electrons. The summed E-state index contributed by atoms with van der Waals surface area (Å²) in [4.78, 5) is 36.9. The molecule has 0 spiro atoms. The van der Waals surface area contributed by atoms with Gasteiger partial charge in [0.2, 0.25) is 0 Å². The van der Waals surface area contributed by atoms with Gasteiger partial charge in [0.05, 0.1) is 6.10 Å². The number of aliphatic hydroxyl groups excluding tert-OH is 1. The van der Waals surface area contributed by atoms with E-state index >= 15 is 0 Å². The van der Waals surface area contributed by atoms with Gasteiger partial charge in [0, 0.05) is 29.2 Å². The number of fused-ring (bicyclic) bond motifs is 5. The molecule has 2 N–H and O–H groups in total. The lowest BCUT2D eigenvalue weighted by Gasteiger charge is -2.58. The molecule has 8 heteroatoms. The second-order valence-corrected chi connectivity index (χ2v) is 10.3. The van der Waals surface area contributed by atoms with Crippen LogP contribution in [0.2, 0.25) is 0 Å². The van der Waals surface area contributed by atoms with Crippen molar-refractivity contribution in [3.05, 3.63) is 35.6 Å². The lowest BCUT2D eigenvalue weighted by molar-refractivity contribution is -0.197. The lowest BCUT2D eigenvalue weighted by atomic mass is 9.47. The fourth-order valence-corrected chi connectivity index (χ4v) is 7.15. The molecule has 0 unspecified atom stereocenters. The van der Waals surface area contributed by atoms with Crippen LogP contribution in [-0.4, -0.2) is 45.7 Å². The van der Waals surface area contributed by atoms with E-state index in [1.54, 1.807) is 19.1 Å². The van der Waals surface area contributed by atoms with E-state index in [-0.39, 0.29) is 36.0 Å². The normalized spacial score (nSPS) is 44.6. The molecule has 0 heterocycles. The molecule has 0 aliphatic heterocycles. The number of rotatable bonds is 3. The van der Waals surface area contributed by atoms with Crippen LogP contribution in [0.3, 0.4) is 0 Å². The van der Waals surface area contributed by atoms with Crippen LogP contribution in [0.25, 0.3) is 0 Å². The molecule has 2 saturated carbocycles. The van der Waals surface area contributed by atoms with Crippen LogP contribution in [0.4, 0.5) is 0 Å². The Kier molecular flexibility index (Phi) is 5.47. The highest BCUT2D eigenvalue weighted by atomic mass is 35.5. The molecule has 4 aliphatic carbocycles. The van der Waals surface area contributed by atoms with Crippen molar-refractivity contribution in [1.29, 1.82) is 0 Å². The average molecular weight is 465 g/mol. The SMILES string of the molecule is CC(=O)OC1=C[C@@H]2[C@H]([C@@H](O)C[C@@]3(C)[C@H]2C[C@H](C)[C@]3(O)C(=O)OCCl)[C@@]2(C)C=CC(=O)C=C12. The van der Waals surface area contributed by atoms with E-state index in [1.807, 2.05) is 13.8 Å². The molecule has 7 nitrogen and oxygen atoms in total. The molecule has 4 rings (SSSR count). The number of alkyl halides is 1. The molecule has 8 atom stereocenters. The third-order valence-electron chi connectivity index (χ3n) is 8.45. The van der Waals surface area contributed by atoms with E-state index in [4.69, 9.17) is 21.1 Å². The first kappa shape index (κ1) is 23.2. The summed E-state index contributed by atoms with van der Waals surface area (Å²) in [5.41, 5.74) is -2.99. The topological polar surface area (TPSA) is 110 Å². The van der Waals surface area contributed by atoms with Crippen LogP contribution < -0.4 is 0 Å². The molecule has 0 amide bonds. The Balaban J connectivity index is 1.87. The number of hydrogen-bond donors (Lipinski definition) is 2. The monoisotopic (exact) mass is 464 g/mol. The molecule has 0 saturated heterocycles. The van der Waals surface area contributed by atoms with Gasteiger partial charge in [-0.05, 0) is 48.8 Å². The summed E-state index contributed by atoms with van der Waals surface area (Å²) in [7, 11) is 0. The van der Waals surface area contributed by atoms with Crippen molar-refractivity contribution >= 4 is 29.3 Å². The maximum absolute atomic E-state index is 12.9. The zero-order valence-electron chi connectivity index (χ0n) is 18.6. The first-order chi connectivity index (χ1) is 14.9. The van der Waals surface area contributed by atoms with Crippen molar-refractivity contribution in [2.75, 3.05) is 6.07 Å². The first-order valence-corrected chi connectivity index (χ1v) is 11.4. The van der Waals surface area contributed by atoms with E-state index in [9.17, 15) is 24.6 Å². The molecule has 32 heavy (non-hydrogen) atoms. The van der Waals surface area contributed by atoms with Crippen LogP contribution in [0.1, 0.15) is 40.5 Å². The molecule has 0 bridgehead atoms. The quantitative estimate of drug-likeness (QED) is 0.488. The van der Waals surface area contributed by atoms with Crippen molar-refractivity contribution in [2.45, 2.75) is 52.2 Å². The molecule has 0 radical (unpaired) electrons. The van der Waals surface area contributed by atoms with E-state index in [0.717, 1.165) is 0 Å². The Morgan fingerprint density at radius 3 is 2.62 bits per heavy atom. The number of allylic oxidation sites excluding steroid dienone is 5. The fraction of sp³-hybridized carbons (Fsp3) is 0.625. The Hall–Kier alpha value is -1.96. The second kappa shape index (κ2) is 7.54. The molecular formula is C24H29ClO7. The van der Waals surface area contributed by atoms with Gasteiger partial charge in [-0.2, -0.15) is 0 Å². The summed E-state index contributed by atoms with van der Waals surface area (Å²) in [6, 6.07) is -0.370. The van der Waals surface area contributed by atoms with Crippen molar-refractivity contribution in [3.63, 3.8) is 0 Å². The Morgan fingerprint density at radius 1 is 1.31 bits per heavy atom. The smallest absolute Gasteiger partial charge is 0.340 e. The third kappa shape index (κ3) is 2.97. The number of carbonyl (C=O) groups excluding carboxylic acids is 3. The molecular weight excluding hydrogens is 436 g/mol. The Labute approximate surface area is 192 Å². The minimum absolute atomic E-state index is 0.179. The Bertz CT molecular complexity index is 967. The van der Waals surface area contributed by atoms with Crippen LogP contribution >= 0.6 is 11.6 Å². The predicted molar refractivity (Wildman–Crippen MR) is 115 cm³/mol. The second-order valence-electron chi connectivity index (χ2n) is 10.0. The summed E-state index contributed by atoms with van der Waals surface area (Å²) >= 11 is 5.62. The lowest BCUT2D eigenvalue weighted by Crippen LogP contribution is -2.62. The number of halogens is 1. The summed E-state index contributed by atoms with van der Waals surface area (Å²) in [6.45, 7) is 6.83. The zero-order valence-corrected chi connectivity index (χ0v) is 19.4. The van der Waals surface area contributed by atoms with Gasteiger partial charge in [0.15, 0.2) is 17.5 Å². The number of carbonyl (C=O) groups is 3. The van der Waals surface area contributed by atoms with E-state index in [1.165, 1.54) is 19.1 Å². The number of ketones is 1. The third-order valence-corrected chi connectivity index (χ3v) is 8.56. The van der Waals surface area contributed by atoms with Crippen molar-refractivity contribution in [3.8, 4) is 0 Å². The molecule has 2 fully saturated rings. The fourth-order valence-electron chi connectivity index (χ4n) is 7.05.